The van der Waals surface area contributed by atoms with Crippen LogP contribution in [0.15, 0.2) is 23.0 Å². The molecule has 2 rings (SSSR count). The van der Waals surface area contributed by atoms with E-state index < -0.39 is 0 Å². The molecule has 1 heterocycles. The third kappa shape index (κ3) is 2.84. The van der Waals surface area contributed by atoms with E-state index in [9.17, 15) is 9.59 Å². The van der Waals surface area contributed by atoms with Gasteiger partial charge in [-0.15, -0.1) is 0 Å². The number of aromatic nitrogens is 1. The van der Waals surface area contributed by atoms with Gasteiger partial charge in [0.1, 0.15) is 11.4 Å². The summed E-state index contributed by atoms with van der Waals surface area (Å²) in [5, 5.41) is 3.75. The molecular formula is C17H22N2O2. The molecule has 0 bridgehead atoms. The van der Waals surface area contributed by atoms with Crippen LogP contribution in [0.1, 0.15) is 56.5 Å². The number of nitrogens with one attached hydrogen (secondary N) is 2. The van der Waals surface area contributed by atoms with E-state index in [1.165, 1.54) is 6.92 Å². The number of H-pyrrole nitrogens is 1. The van der Waals surface area contributed by atoms with E-state index in [2.05, 4.69) is 24.1 Å². The molecule has 0 amide bonds. The Hall–Kier alpha value is -2.10. The van der Waals surface area contributed by atoms with Crippen molar-refractivity contribution in [1.29, 1.82) is 0 Å². The molecule has 4 nitrogen and oxygen atoms in total. The van der Waals surface area contributed by atoms with Crippen LogP contribution in [0, 0.1) is 0 Å². The van der Waals surface area contributed by atoms with Crippen molar-refractivity contribution in [2.24, 2.45) is 0 Å². The maximum Gasteiger partial charge on any atom is 0.202 e. The number of ketones is 1. The van der Waals surface area contributed by atoms with Crippen LogP contribution < -0.4 is 10.7 Å². The first kappa shape index (κ1) is 15.3. The van der Waals surface area contributed by atoms with Crippen molar-refractivity contribution in [2.45, 2.75) is 46.6 Å². The van der Waals surface area contributed by atoms with Gasteiger partial charge in [-0.25, -0.2) is 0 Å². The van der Waals surface area contributed by atoms with Gasteiger partial charge in [0.15, 0.2) is 5.78 Å². The molecule has 0 atom stereocenters. The number of carbonyl (C=O) groups is 1. The van der Waals surface area contributed by atoms with Crippen LogP contribution in [0.5, 0.6) is 0 Å². The second kappa shape index (κ2) is 5.72. The highest BCUT2D eigenvalue weighted by molar-refractivity contribution is 6.02. The van der Waals surface area contributed by atoms with Gasteiger partial charge in [-0.2, -0.15) is 0 Å². The molecular weight excluding hydrogens is 264 g/mol. The Kier molecular flexibility index (Phi) is 4.16. The highest BCUT2D eigenvalue weighted by atomic mass is 16.1. The van der Waals surface area contributed by atoms with Gasteiger partial charge >= 0.3 is 0 Å². The number of benzene rings is 1. The smallest absolute Gasteiger partial charge is 0.202 e. The standard InChI is InChI=1S/C17H22N2O2/c1-9(2)12-7-6-8-13-15(12)19-17(18-10(3)4)14(11(5)20)16(13)21/h6-10H,1-5H3,(H2,18,19,21). The van der Waals surface area contributed by atoms with Gasteiger partial charge in [-0.1, -0.05) is 26.0 Å². The number of hydrogen-bond acceptors (Lipinski definition) is 3. The van der Waals surface area contributed by atoms with E-state index in [1.807, 2.05) is 26.0 Å². The maximum absolute atomic E-state index is 12.7. The molecule has 0 radical (unpaired) electrons. The molecule has 0 aliphatic carbocycles. The lowest BCUT2D eigenvalue weighted by Crippen LogP contribution is -2.22. The van der Waals surface area contributed by atoms with Crippen LogP contribution in [-0.2, 0) is 0 Å². The Bertz CT molecular complexity index is 742. The SMILES string of the molecule is CC(=O)c1c(NC(C)C)[nH]c2c(C(C)C)cccc2c1=O. The Morgan fingerprint density at radius 3 is 2.38 bits per heavy atom. The van der Waals surface area contributed by atoms with Crippen molar-refractivity contribution in [3.63, 3.8) is 0 Å². The van der Waals surface area contributed by atoms with Gasteiger partial charge in [0.05, 0.1) is 5.52 Å². The Morgan fingerprint density at radius 1 is 1.19 bits per heavy atom. The van der Waals surface area contributed by atoms with E-state index in [0.29, 0.717) is 17.1 Å². The van der Waals surface area contributed by atoms with E-state index in [1.54, 1.807) is 6.07 Å². The molecule has 2 N–H and O–H groups in total. The molecule has 0 spiro atoms. The van der Waals surface area contributed by atoms with Crippen LogP contribution in [0.3, 0.4) is 0 Å². The number of fused-ring (bicyclic) bond motifs is 1. The summed E-state index contributed by atoms with van der Waals surface area (Å²) in [7, 11) is 0. The Morgan fingerprint density at radius 2 is 1.86 bits per heavy atom. The Labute approximate surface area is 124 Å². The van der Waals surface area contributed by atoms with Gasteiger partial charge in [0.25, 0.3) is 0 Å². The molecule has 0 aliphatic rings. The van der Waals surface area contributed by atoms with E-state index in [0.717, 1.165) is 11.1 Å². The molecule has 0 unspecified atom stereocenters. The minimum atomic E-state index is -0.226. The fourth-order valence-corrected chi connectivity index (χ4v) is 2.55. The fraction of sp³-hybridized carbons (Fsp3) is 0.412. The summed E-state index contributed by atoms with van der Waals surface area (Å²) >= 11 is 0. The molecule has 4 heteroatoms. The predicted molar refractivity (Wildman–Crippen MR) is 87.4 cm³/mol. The first-order valence-corrected chi connectivity index (χ1v) is 7.29. The van der Waals surface area contributed by atoms with Crippen LogP contribution in [-0.4, -0.2) is 16.8 Å². The van der Waals surface area contributed by atoms with E-state index in [4.69, 9.17) is 0 Å². The topological polar surface area (TPSA) is 62.0 Å². The molecule has 1 aromatic heterocycles. The largest absolute Gasteiger partial charge is 0.369 e. The van der Waals surface area contributed by atoms with Crippen molar-refractivity contribution >= 4 is 22.5 Å². The first-order valence-electron chi connectivity index (χ1n) is 7.29. The van der Waals surface area contributed by atoms with Gasteiger partial charge in [0, 0.05) is 11.4 Å². The van der Waals surface area contributed by atoms with Gasteiger partial charge < -0.3 is 10.3 Å². The summed E-state index contributed by atoms with van der Waals surface area (Å²) in [6, 6.07) is 5.77. The number of anilines is 1. The lowest BCUT2D eigenvalue weighted by atomic mass is 9.98. The first-order chi connectivity index (χ1) is 9.82. The number of rotatable bonds is 4. The zero-order chi connectivity index (χ0) is 15.7. The van der Waals surface area contributed by atoms with Crippen molar-refractivity contribution in [2.75, 3.05) is 5.32 Å². The summed E-state index contributed by atoms with van der Waals surface area (Å²) in [6.45, 7) is 9.54. The number of Topliss-reactive ketones (excluding diaryl/α,β-unsaturated/α-hetero) is 1. The summed E-state index contributed by atoms with van der Waals surface area (Å²) < 4.78 is 0. The third-order valence-corrected chi connectivity index (χ3v) is 3.48. The van der Waals surface area contributed by atoms with Gasteiger partial charge in [-0.3, -0.25) is 9.59 Å². The zero-order valence-corrected chi connectivity index (χ0v) is 13.2. The Balaban J connectivity index is 2.87. The average molecular weight is 286 g/mol. The van der Waals surface area contributed by atoms with Crippen molar-refractivity contribution < 1.29 is 4.79 Å². The number of aromatic amines is 1. The van der Waals surface area contributed by atoms with E-state index in [-0.39, 0.29) is 22.8 Å². The highest BCUT2D eigenvalue weighted by Crippen LogP contribution is 2.25. The molecule has 0 fully saturated rings. The monoisotopic (exact) mass is 286 g/mol. The van der Waals surface area contributed by atoms with Gasteiger partial charge in [-0.05, 0) is 38.3 Å². The quantitative estimate of drug-likeness (QED) is 0.843. The second-order valence-electron chi connectivity index (χ2n) is 5.98. The lowest BCUT2D eigenvalue weighted by molar-refractivity contribution is 0.101. The normalized spacial score (nSPS) is 11.4. The molecule has 2 aromatic rings. The van der Waals surface area contributed by atoms with Crippen molar-refractivity contribution in [3.8, 4) is 0 Å². The summed E-state index contributed by atoms with van der Waals surface area (Å²) in [6.07, 6.45) is 0. The number of para-hydroxylation sites is 1. The molecule has 0 saturated carbocycles. The maximum atomic E-state index is 12.7. The molecule has 0 aliphatic heterocycles. The van der Waals surface area contributed by atoms with Gasteiger partial charge in [0.2, 0.25) is 5.43 Å². The summed E-state index contributed by atoms with van der Waals surface area (Å²) in [5.41, 5.74) is 1.89. The van der Waals surface area contributed by atoms with E-state index >= 15 is 0 Å². The number of hydrogen-bond donors (Lipinski definition) is 2. The van der Waals surface area contributed by atoms with Crippen LogP contribution in [0.25, 0.3) is 10.9 Å². The van der Waals surface area contributed by atoms with Crippen LogP contribution in [0.2, 0.25) is 0 Å². The zero-order valence-electron chi connectivity index (χ0n) is 13.2. The minimum Gasteiger partial charge on any atom is -0.369 e. The van der Waals surface area contributed by atoms with Crippen LogP contribution in [0.4, 0.5) is 5.82 Å². The second-order valence-corrected chi connectivity index (χ2v) is 5.98. The van der Waals surface area contributed by atoms with Crippen molar-refractivity contribution in [3.05, 3.63) is 39.5 Å². The molecule has 21 heavy (non-hydrogen) atoms. The molecule has 1 aromatic carbocycles. The third-order valence-electron chi connectivity index (χ3n) is 3.48. The fourth-order valence-electron chi connectivity index (χ4n) is 2.55. The summed E-state index contributed by atoms with van der Waals surface area (Å²) in [5.74, 6) is 0.582. The minimum absolute atomic E-state index is 0.127. The molecule has 0 saturated heterocycles. The number of pyridine rings is 1. The van der Waals surface area contributed by atoms with Crippen LogP contribution >= 0.6 is 0 Å². The average Bonchev–Trinajstić information content (AvgIpc) is 2.36. The van der Waals surface area contributed by atoms with Crippen molar-refractivity contribution in [1.82, 2.24) is 4.98 Å². The predicted octanol–water partition coefficient (Wildman–Crippen LogP) is 3.67. The highest BCUT2D eigenvalue weighted by Gasteiger charge is 2.18. The number of carbonyl (C=O) groups excluding carboxylic acids is 1. The lowest BCUT2D eigenvalue weighted by Gasteiger charge is -2.17. The summed E-state index contributed by atoms with van der Waals surface area (Å²) in [4.78, 5) is 27.8. The molecule has 112 valence electrons.